The minimum absolute atomic E-state index is 0.146. The van der Waals surface area contributed by atoms with Crippen molar-refractivity contribution in [3.8, 4) is 0 Å². The van der Waals surface area contributed by atoms with E-state index in [2.05, 4.69) is 17.1 Å². The topological polar surface area (TPSA) is 15.3 Å². The molecule has 0 saturated carbocycles. The van der Waals surface area contributed by atoms with Gasteiger partial charge in [-0.1, -0.05) is 12.1 Å². The molecule has 2 saturated heterocycles. The van der Waals surface area contributed by atoms with E-state index < -0.39 is 0 Å². The second-order valence-electron chi connectivity index (χ2n) is 6.33. The molecule has 0 bridgehead atoms. The van der Waals surface area contributed by atoms with Crippen LogP contribution >= 0.6 is 0 Å². The SMILES string of the molecule is CC(c1ccc(F)cc1)N1CCCC(C2CCCN2)C1. The third kappa shape index (κ3) is 3.04. The summed E-state index contributed by atoms with van der Waals surface area (Å²) in [6.07, 6.45) is 5.30. The molecule has 3 heteroatoms. The maximum Gasteiger partial charge on any atom is 0.123 e. The molecule has 3 rings (SSSR count). The number of piperidine rings is 1. The zero-order valence-electron chi connectivity index (χ0n) is 12.3. The summed E-state index contributed by atoms with van der Waals surface area (Å²) < 4.78 is 13.0. The number of hydrogen-bond donors (Lipinski definition) is 1. The molecule has 3 atom stereocenters. The first-order chi connectivity index (χ1) is 9.74. The normalized spacial score (nSPS) is 29.5. The van der Waals surface area contributed by atoms with Crippen molar-refractivity contribution in [2.45, 2.75) is 44.7 Å². The van der Waals surface area contributed by atoms with Gasteiger partial charge >= 0.3 is 0 Å². The average molecular weight is 276 g/mol. The van der Waals surface area contributed by atoms with Gasteiger partial charge in [0.25, 0.3) is 0 Å². The van der Waals surface area contributed by atoms with E-state index in [-0.39, 0.29) is 5.82 Å². The Bertz CT molecular complexity index is 425. The van der Waals surface area contributed by atoms with E-state index in [0.717, 1.165) is 12.0 Å². The molecule has 2 nitrogen and oxygen atoms in total. The van der Waals surface area contributed by atoms with Gasteiger partial charge < -0.3 is 5.32 Å². The van der Waals surface area contributed by atoms with Gasteiger partial charge in [0.2, 0.25) is 0 Å². The van der Waals surface area contributed by atoms with Crippen LogP contribution in [0.1, 0.15) is 44.2 Å². The van der Waals surface area contributed by atoms with Gasteiger partial charge in [-0.15, -0.1) is 0 Å². The Labute approximate surface area is 121 Å². The summed E-state index contributed by atoms with van der Waals surface area (Å²) in [7, 11) is 0. The van der Waals surface area contributed by atoms with E-state index >= 15 is 0 Å². The average Bonchev–Trinajstić information content (AvgIpc) is 3.02. The number of halogens is 1. The largest absolute Gasteiger partial charge is 0.314 e. The first-order valence-corrected chi connectivity index (χ1v) is 7.97. The van der Waals surface area contributed by atoms with Crippen molar-refractivity contribution in [1.29, 1.82) is 0 Å². The lowest BCUT2D eigenvalue weighted by Gasteiger charge is -2.39. The summed E-state index contributed by atoms with van der Waals surface area (Å²) in [6.45, 7) is 5.78. The maximum atomic E-state index is 13.0. The van der Waals surface area contributed by atoms with Gasteiger partial charge in [-0.25, -0.2) is 4.39 Å². The van der Waals surface area contributed by atoms with Crippen molar-refractivity contribution < 1.29 is 4.39 Å². The number of benzene rings is 1. The lowest BCUT2D eigenvalue weighted by atomic mass is 9.88. The molecule has 20 heavy (non-hydrogen) atoms. The summed E-state index contributed by atoms with van der Waals surface area (Å²) in [5.74, 6) is 0.641. The molecule has 3 unspecified atom stereocenters. The fourth-order valence-corrected chi connectivity index (χ4v) is 3.79. The predicted molar refractivity (Wildman–Crippen MR) is 80.1 cm³/mol. The minimum atomic E-state index is -0.146. The van der Waals surface area contributed by atoms with Crippen molar-refractivity contribution in [1.82, 2.24) is 10.2 Å². The molecule has 0 spiro atoms. The van der Waals surface area contributed by atoms with E-state index in [9.17, 15) is 4.39 Å². The molecule has 2 heterocycles. The molecule has 1 aromatic carbocycles. The second kappa shape index (κ2) is 6.23. The highest BCUT2D eigenvalue weighted by Gasteiger charge is 2.30. The van der Waals surface area contributed by atoms with Crippen LogP contribution in [0.25, 0.3) is 0 Å². The van der Waals surface area contributed by atoms with Crippen molar-refractivity contribution >= 4 is 0 Å². The van der Waals surface area contributed by atoms with E-state index in [0.29, 0.717) is 6.04 Å². The Morgan fingerprint density at radius 3 is 2.70 bits per heavy atom. The Balaban J connectivity index is 1.65. The van der Waals surface area contributed by atoms with Gasteiger partial charge in [-0.2, -0.15) is 0 Å². The van der Waals surface area contributed by atoms with Crippen LogP contribution in [-0.2, 0) is 0 Å². The molecule has 1 N–H and O–H groups in total. The molecule has 0 radical (unpaired) electrons. The molecule has 0 amide bonds. The summed E-state index contributed by atoms with van der Waals surface area (Å²) >= 11 is 0. The smallest absolute Gasteiger partial charge is 0.123 e. The molecule has 1 aromatic rings. The van der Waals surface area contributed by atoms with Crippen LogP contribution in [0.2, 0.25) is 0 Å². The highest BCUT2D eigenvalue weighted by atomic mass is 19.1. The molecule has 0 aromatic heterocycles. The number of rotatable bonds is 3. The molecule has 110 valence electrons. The second-order valence-corrected chi connectivity index (χ2v) is 6.33. The molecule has 2 aliphatic heterocycles. The van der Waals surface area contributed by atoms with E-state index in [1.165, 1.54) is 50.9 Å². The molecule has 2 fully saturated rings. The number of hydrogen-bond acceptors (Lipinski definition) is 2. The fourth-order valence-electron chi connectivity index (χ4n) is 3.79. The summed E-state index contributed by atoms with van der Waals surface area (Å²) in [4.78, 5) is 2.57. The monoisotopic (exact) mass is 276 g/mol. The van der Waals surface area contributed by atoms with Crippen LogP contribution in [0.4, 0.5) is 4.39 Å². The van der Waals surface area contributed by atoms with Crippen LogP contribution in [0, 0.1) is 11.7 Å². The molecular formula is C17H25FN2. The highest BCUT2D eigenvalue weighted by molar-refractivity contribution is 5.19. The van der Waals surface area contributed by atoms with Crippen LogP contribution < -0.4 is 5.32 Å². The van der Waals surface area contributed by atoms with Crippen LogP contribution in [0.5, 0.6) is 0 Å². The van der Waals surface area contributed by atoms with Gasteiger partial charge in [0.15, 0.2) is 0 Å². The van der Waals surface area contributed by atoms with Gasteiger partial charge in [0, 0.05) is 18.6 Å². The van der Waals surface area contributed by atoms with Crippen LogP contribution in [-0.4, -0.2) is 30.6 Å². The van der Waals surface area contributed by atoms with Crippen molar-refractivity contribution in [2.24, 2.45) is 5.92 Å². The van der Waals surface area contributed by atoms with Crippen molar-refractivity contribution in [3.05, 3.63) is 35.6 Å². The maximum absolute atomic E-state index is 13.0. The van der Waals surface area contributed by atoms with Gasteiger partial charge in [0.1, 0.15) is 5.82 Å². The van der Waals surface area contributed by atoms with Crippen molar-refractivity contribution in [2.75, 3.05) is 19.6 Å². The fraction of sp³-hybridized carbons (Fsp3) is 0.647. The lowest BCUT2D eigenvalue weighted by Crippen LogP contribution is -2.44. The Morgan fingerprint density at radius 2 is 2.00 bits per heavy atom. The van der Waals surface area contributed by atoms with Gasteiger partial charge in [-0.05, 0) is 69.3 Å². The zero-order chi connectivity index (χ0) is 13.9. The van der Waals surface area contributed by atoms with E-state index in [1.54, 1.807) is 12.1 Å². The number of nitrogens with zero attached hydrogens (tertiary/aromatic N) is 1. The quantitative estimate of drug-likeness (QED) is 0.911. The number of nitrogens with one attached hydrogen (secondary N) is 1. The minimum Gasteiger partial charge on any atom is -0.314 e. The third-order valence-corrected chi connectivity index (χ3v) is 5.06. The first kappa shape index (κ1) is 14.0. The Hall–Kier alpha value is -0.930. The lowest BCUT2D eigenvalue weighted by molar-refractivity contribution is 0.115. The van der Waals surface area contributed by atoms with Crippen LogP contribution in [0.3, 0.4) is 0 Å². The first-order valence-electron chi connectivity index (χ1n) is 7.97. The molecular weight excluding hydrogens is 251 g/mol. The summed E-state index contributed by atoms with van der Waals surface area (Å²) in [5, 5.41) is 3.66. The van der Waals surface area contributed by atoms with Gasteiger partial charge in [-0.3, -0.25) is 4.90 Å². The Kier molecular flexibility index (Phi) is 4.37. The number of likely N-dealkylation sites (tertiary alicyclic amines) is 1. The summed E-state index contributed by atoms with van der Waals surface area (Å²) in [6, 6.07) is 8.12. The van der Waals surface area contributed by atoms with Gasteiger partial charge in [0.05, 0.1) is 0 Å². The van der Waals surface area contributed by atoms with Crippen molar-refractivity contribution in [3.63, 3.8) is 0 Å². The predicted octanol–water partition coefficient (Wildman–Crippen LogP) is 3.35. The zero-order valence-corrected chi connectivity index (χ0v) is 12.3. The van der Waals surface area contributed by atoms with E-state index in [1.807, 2.05) is 12.1 Å². The molecule has 2 aliphatic rings. The summed E-state index contributed by atoms with van der Waals surface area (Å²) in [5.41, 5.74) is 1.23. The standard InChI is InChI=1S/C17H25FN2/c1-13(14-6-8-16(18)9-7-14)20-11-3-4-15(12-20)17-5-2-10-19-17/h6-9,13,15,17,19H,2-5,10-12H2,1H3. The Morgan fingerprint density at radius 1 is 1.20 bits per heavy atom. The highest BCUT2D eigenvalue weighted by Crippen LogP contribution is 2.30. The third-order valence-electron chi connectivity index (χ3n) is 5.06. The van der Waals surface area contributed by atoms with E-state index in [4.69, 9.17) is 0 Å². The molecule has 0 aliphatic carbocycles. The van der Waals surface area contributed by atoms with Crippen LogP contribution in [0.15, 0.2) is 24.3 Å².